The van der Waals surface area contributed by atoms with Gasteiger partial charge in [0.1, 0.15) is 5.78 Å². The van der Waals surface area contributed by atoms with Crippen LogP contribution in [0.15, 0.2) is 11.1 Å². The van der Waals surface area contributed by atoms with Gasteiger partial charge in [-0.05, 0) is 51.4 Å². The zero-order valence-corrected chi connectivity index (χ0v) is 10.7. The smallest absolute Gasteiger partial charge is 0.133 e. The number of hydrogen-bond acceptors (Lipinski definition) is 1. The van der Waals surface area contributed by atoms with Crippen LogP contribution < -0.4 is 0 Å². The van der Waals surface area contributed by atoms with Crippen LogP contribution in [-0.4, -0.2) is 5.78 Å². The molecule has 0 aromatic heterocycles. The molecule has 2 atom stereocenters. The fraction of sp³-hybridized carbons (Fsp3) is 0.800. The highest BCUT2D eigenvalue weighted by molar-refractivity contribution is 5.79. The fourth-order valence-electron chi connectivity index (χ4n) is 3.42. The van der Waals surface area contributed by atoms with Gasteiger partial charge in [0.05, 0.1) is 0 Å². The highest BCUT2D eigenvalue weighted by Gasteiger charge is 2.29. The number of hydrogen-bond donors (Lipinski definition) is 0. The van der Waals surface area contributed by atoms with E-state index in [4.69, 9.17) is 0 Å². The molecular formula is C15H24O. The Morgan fingerprint density at radius 2 is 1.56 bits per heavy atom. The minimum Gasteiger partial charge on any atom is -0.300 e. The third-order valence-corrected chi connectivity index (χ3v) is 4.45. The number of allylic oxidation sites excluding steroid dienone is 2. The molecule has 0 radical (unpaired) electrons. The standard InChI is InChI=1S/C15H24O/c1-11-9-13-7-5-3-4-6-8-14(13)10-15(11)12(2)16/h11,15H,3-10H2,1-2H3/t11-,15-/m1/s1. The Balaban J connectivity index is 2.14. The molecule has 0 amide bonds. The van der Waals surface area contributed by atoms with Gasteiger partial charge in [-0.25, -0.2) is 0 Å². The molecule has 2 rings (SSSR count). The fourth-order valence-corrected chi connectivity index (χ4v) is 3.42. The van der Waals surface area contributed by atoms with Crippen LogP contribution in [0.2, 0.25) is 0 Å². The van der Waals surface area contributed by atoms with Crippen molar-refractivity contribution >= 4 is 5.78 Å². The maximum Gasteiger partial charge on any atom is 0.133 e. The molecule has 90 valence electrons. The van der Waals surface area contributed by atoms with E-state index in [-0.39, 0.29) is 0 Å². The van der Waals surface area contributed by atoms with E-state index in [0.717, 1.165) is 6.42 Å². The van der Waals surface area contributed by atoms with Gasteiger partial charge in [-0.15, -0.1) is 0 Å². The van der Waals surface area contributed by atoms with Crippen molar-refractivity contribution in [3.8, 4) is 0 Å². The molecule has 0 unspecified atom stereocenters. The lowest BCUT2D eigenvalue weighted by Crippen LogP contribution is -2.25. The van der Waals surface area contributed by atoms with Gasteiger partial charge in [-0.3, -0.25) is 4.79 Å². The summed E-state index contributed by atoms with van der Waals surface area (Å²) >= 11 is 0. The molecule has 16 heavy (non-hydrogen) atoms. The zero-order chi connectivity index (χ0) is 11.5. The van der Waals surface area contributed by atoms with Crippen LogP contribution in [0.5, 0.6) is 0 Å². The first-order valence-corrected chi connectivity index (χ1v) is 6.88. The van der Waals surface area contributed by atoms with E-state index in [1.165, 1.54) is 44.9 Å². The highest BCUT2D eigenvalue weighted by Crippen LogP contribution is 2.39. The number of ketones is 1. The maximum absolute atomic E-state index is 11.6. The molecule has 0 fully saturated rings. The Morgan fingerprint density at radius 3 is 2.12 bits per heavy atom. The van der Waals surface area contributed by atoms with Gasteiger partial charge in [0.25, 0.3) is 0 Å². The maximum atomic E-state index is 11.6. The van der Waals surface area contributed by atoms with E-state index in [2.05, 4.69) is 6.92 Å². The minimum atomic E-state index is 0.318. The molecule has 0 N–H and O–H groups in total. The lowest BCUT2D eigenvalue weighted by molar-refractivity contribution is -0.122. The summed E-state index contributed by atoms with van der Waals surface area (Å²) in [6, 6.07) is 0. The summed E-state index contributed by atoms with van der Waals surface area (Å²) in [5, 5.41) is 0. The predicted molar refractivity (Wildman–Crippen MR) is 67.3 cm³/mol. The van der Waals surface area contributed by atoms with Gasteiger partial charge in [-0.1, -0.05) is 30.9 Å². The van der Waals surface area contributed by atoms with Crippen molar-refractivity contribution in [3.63, 3.8) is 0 Å². The lowest BCUT2D eigenvalue weighted by Gasteiger charge is -2.32. The Hall–Kier alpha value is -0.590. The van der Waals surface area contributed by atoms with E-state index in [0.29, 0.717) is 17.6 Å². The molecule has 0 spiro atoms. The molecule has 0 aromatic rings. The Bertz CT molecular complexity index is 301. The van der Waals surface area contributed by atoms with Crippen LogP contribution in [0.25, 0.3) is 0 Å². The largest absolute Gasteiger partial charge is 0.300 e. The molecule has 0 aliphatic heterocycles. The van der Waals surface area contributed by atoms with Crippen molar-refractivity contribution in [3.05, 3.63) is 11.1 Å². The van der Waals surface area contributed by atoms with E-state index >= 15 is 0 Å². The number of carbonyl (C=O) groups excluding carboxylic acids is 1. The van der Waals surface area contributed by atoms with Crippen molar-refractivity contribution in [1.29, 1.82) is 0 Å². The van der Waals surface area contributed by atoms with E-state index in [1.807, 2.05) is 0 Å². The average Bonchev–Trinajstić information content (AvgIpc) is 2.20. The molecule has 0 saturated carbocycles. The van der Waals surface area contributed by atoms with Gasteiger partial charge in [0.2, 0.25) is 0 Å². The average molecular weight is 220 g/mol. The van der Waals surface area contributed by atoms with Gasteiger partial charge in [0, 0.05) is 5.92 Å². The third kappa shape index (κ3) is 2.56. The summed E-state index contributed by atoms with van der Waals surface area (Å²) < 4.78 is 0. The Morgan fingerprint density at radius 1 is 1.00 bits per heavy atom. The summed E-state index contributed by atoms with van der Waals surface area (Å²) in [6.45, 7) is 4.03. The van der Waals surface area contributed by atoms with Crippen molar-refractivity contribution < 1.29 is 4.79 Å². The quantitative estimate of drug-likeness (QED) is 0.603. The predicted octanol–water partition coefficient (Wildman–Crippen LogP) is 4.27. The summed E-state index contributed by atoms with van der Waals surface area (Å²) in [5.74, 6) is 1.30. The molecule has 0 bridgehead atoms. The first kappa shape index (κ1) is 11.9. The Kier molecular flexibility index (Phi) is 3.83. The lowest BCUT2D eigenvalue weighted by atomic mass is 9.72. The normalized spacial score (nSPS) is 31.6. The van der Waals surface area contributed by atoms with Crippen LogP contribution in [0, 0.1) is 11.8 Å². The zero-order valence-electron chi connectivity index (χ0n) is 10.7. The molecule has 1 heteroatoms. The second-order valence-corrected chi connectivity index (χ2v) is 5.72. The van der Waals surface area contributed by atoms with E-state index in [1.54, 1.807) is 18.1 Å². The first-order valence-electron chi connectivity index (χ1n) is 6.88. The molecule has 0 saturated heterocycles. The van der Waals surface area contributed by atoms with Crippen LogP contribution in [0.1, 0.15) is 65.2 Å². The van der Waals surface area contributed by atoms with Gasteiger partial charge < -0.3 is 0 Å². The van der Waals surface area contributed by atoms with Gasteiger partial charge in [0.15, 0.2) is 0 Å². The molecule has 0 aromatic carbocycles. The third-order valence-electron chi connectivity index (χ3n) is 4.45. The van der Waals surface area contributed by atoms with Gasteiger partial charge >= 0.3 is 0 Å². The molecule has 2 aliphatic carbocycles. The van der Waals surface area contributed by atoms with E-state index in [9.17, 15) is 4.79 Å². The van der Waals surface area contributed by atoms with Crippen LogP contribution >= 0.6 is 0 Å². The molecular weight excluding hydrogens is 196 g/mol. The van der Waals surface area contributed by atoms with Crippen molar-refractivity contribution in [2.75, 3.05) is 0 Å². The molecule has 2 aliphatic rings. The van der Waals surface area contributed by atoms with E-state index < -0.39 is 0 Å². The van der Waals surface area contributed by atoms with Crippen molar-refractivity contribution in [2.45, 2.75) is 65.2 Å². The summed E-state index contributed by atoms with van der Waals surface area (Å²) in [5.41, 5.74) is 3.36. The first-order chi connectivity index (χ1) is 7.68. The number of rotatable bonds is 1. The second kappa shape index (κ2) is 5.16. The SMILES string of the molecule is CC(=O)[C@@H]1CC2=C(CCCCCC2)C[C@H]1C. The van der Waals surface area contributed by atoms with Crippen LogP contribution in [0.4, 0.5) is 0 Å². The molecule has 1 nitrogen and oxygen atoms in total. The highest BCUT2D eigenvalue weighted by atomic mass is 16.1. The number of carbonyl (C=O) groups is 1. The van der Waals surface area contributed by atoms with Crippen LogP contribution in [-0.2, 0) is 4.79 Å². The van der Waals surface area contributed by atoms with Crippen molar-refractivity contribution in [2.24, 2.45) is 11.8 Å². The summed E-state index contributed by atoms with van der Waals surface area (Å²) in [6.07, 6.45) is 10.4. The second-order valence-electron chi connectivity index (χ2n) is 5.72. The van der Waals surface area contributed by atoms with Gasteiger partial charge in [-0.2, -0.15) is 0 Å². The topological polar surface area (TPSA) is 17.1 Å². The van der Waals surface area contributed by atoms with Crippen LogP contribution in [0.3, 0.4) is 0 Å². The number of Topliss-reactive ketones (excluding diaryl/α,β-unsaturated/α-hetero) is 1. The van der Waals surface area contributed by atoms with Crippen molar-refractivity contribution in [1.82, 2.24) is 0 Å². The minimum absolute atomic E-state index is 0.318. The monoisotopic (exact) mass is 220 g/mol. The molecule has 0 heterocycles. The Labute approximate surface area is 99.3 Å². The summed E-state index contributed by atoms with van der Waals surface area (Å²) in [4.78, 5) is 11.6. The summed E-state index contributed by atoms with van der Waals surface area (Å²) in [7, 11) is 0.